The number of alkyl halides is 3. The third kappa shape index (κ3) is 5.99. The molecule has 0 saturated heterocycles. The van der Waals surface area contributed by atoms with Crippen molar-refractivity contribution in [1.82, 2.24) is 4.72 Å². The highest BCUT2D eigenvalue weighted by atomic mass is 35.5. The maximum absolute atomic E-state index is 12.9. The van der Waals surface area contributed by atoms with Crippen LogP contribution in [0.5, 0.6) is 0 Å². The summed E-state index contributed by atoms with van der Waals surface area (Å²) in [4.78, 5) is 11.3. The highest BCUT2D eigenvalue weighted by Crippen LogP contribution is 2.35. The number of carbonyl (C=O) groups excluding carboxylic acids is 1. The molecule has 0 atom stereocenters. The van der Waals surface area contributed by atoms with E-state index in [1.165, 1.54) is 18.2 Å². The molecule has 2 aromatic rings. The van der Waals surface area contributed by atoms with Gasteiger partial charge in [0.2, 0.25) is 15.9 Å². The van der Waals surface area contributed by atoms with Gasteiger partial charge in [0.1, 0.15) is 0 Å². The predicted molar refractivity (Wildman–Crippen MR) is 101 cm³/mol. The Kier molecular flexibility index (Phi) is 7.22. The Morgan fingerprint density at radius 1 is 1.00 bits per heavy atom. The summed E-state index contributed by atoms with van der Waals surface area (Å²) in [5.74, 6) is -0.570. The summed E-state index contributed by atoms with van der Waals surface area (Å²) in [5, 5.41) is 2.41. The van der Waals surface area contributed by atoms with Crippen molar-refractivity contribution in [2.24, 2.45) is 0 Å². The van der Waals surface area contributed by atoms with Gasteiger partial charge in [-0.25, -0.2) is 13.1 Å². The maximum Gasteiger partial charge on any atom is 0.417 e. The Balaban J connectivity index is 2.02. The Morgan fingerprint density at radius 3 is 2.29 bits per heavy atom. The van der Waals surface area contributed by atoms with E-state index in [1.807, 2.05) is 0 Å². The van der Waals surface area contributed by atoms with Crippen LogP contribution in [0.3, 0.4) is 0 Å². The van der Waals surface area contributed by atoms with Gasteiger partial charge in [0.25, 0.3) is 0 Å². The van der Waals surface area contributed by atoms with Crippen molar-refractivity contribution >= 4 is 56.4 Å². The molecule has 0 aliphatic carbocycles. The third-order valence-electron chi connectivity index (χ3n) is 3.40. The molecule has 0 aliphatic heterocycles. The van der Waals surface area contributed by atoms with E-state index >= 15 is 0 Å². The van der Waals surface area contributed by atoms with Crippen LogP contribution in [0.1, 0.15) is 12.0 Å². The number of hydrogen-bond acceptors (Lipinski definition) is 3. The van der Waals surface area contributed by atoms with Crippen LogP contribution >= 0.6 is 34.8 Å². The first-order chi connectivity index (χ1) is 12.9. The third-order valence-corrected chi connectivity index (χ3v) is 5.75. The number of hydrogen-bond donors (Lipinski definition) is 2. The molecule has 0 fully saturated rings. The molecule has 2 N–H and O–H groups in total. The molecule has 2 aromatic carbocycles. The summed E-state index contributed by atoms with van der Waals surface area (Å²) in [7, 11) is -4.28. The molecule has 0 unspecified atom stereocenters. The molecular formula is C16H12Cl3F3N2O3S. The van der Waals surface area contributed by atoms with Gasteiger partial charge in [-0.1, -0.05) is 34.8 Å². The van der Waals surface area contributed by atoms with Crippen LogP contribution in [0.4, 0.5) is 18.9 Å². The zero-order valence-electron chi connectivity index (χ0n) is 13.8. The summed E-state index contributed by atoms with van der Waals surface area (Å²) in [5.41, 5.74) is -1.03. The fraction of sp³-hybridized carbons (Fsp3) is 0.188. The van der Waals surface area contributed by atoms with E-state index in [0.717, 1.165) is 12.1 Å². The maximum atomic E-state index is 12.9. The molecule has 0 spiro atoms. The lowest BCUT2D eigenvalue weighted by atomic mass is 10.2. The molecule has 0 radical (unpaired) electrons. The molecule has 0 aromatic heterocycles. The number of halogens is 6. The molecule has 0 bridgehead atoms. The second-order valence-corrected chi connectivity index (χ2v) is 8.48. The largest absolute Gasteiger partial charge is 0.417 e. The summed E-state index contributed by atoms with van der Waals surface area (Å²) in [6.07, 6.45) is -5.10. The predicted octanol–water partition coefficient (Wildman–Crippen LogP) is 4.97. The van der Waals surface area contributed by atoms with Crippen molar-refractivity contribution in [3.05, 3.63) is 57.0 Å². The fourth-order valence-corrected chi connectivity index (χ4v) is 3.70. The Morgan fingerprint density at radius 2 is 1.64 bits per heavy atom. The van der Waals surface area contributed by atoms with Crippen molar-refractivity contribution in [3.8, 4) is 0 Å². The van der Waals surface area contributed by atoms with E-state index in [2.05, 4.69) is 10.0 Å². The second kappa shape index (κ2) is 8.87. The first-order valence-electron chi connectivity index (χ1n) is 7.51. The lowest BCUT2D eigenvalue weighted by Gasteiger charge is -2.12. The summed E-state index contributed by atoms with van der Waals surface area (Å²) < 4.78 is 65.0. The summed E-state index contributed by atoms with van der Waals surface area (Å²) in [6, 6.07) is 6.61. The molecular weight excluding hydrogens is 464 g/mol. The second-order valence-electron chi connectivity index (χ2n) is 5.46. The molecule has 152 valence electrons. The standard InChI is InChI=1S/C16H12Cl3F3N2O3S/c17-9-1-3-13(19)14(7-9)24-15(25)5-6-23-28(26,27)10-2-4-12(18)11(8-10)16(20,21)22/h1-4,7-8,23H,5-6H2,(H,24,25). The zero-order valence-corrected chi connectivity index (χ0v) is 16.9. The Hall–Kier alpha value is -1.52. The van der Waals surface area contributed by atoms with Gasteiger partial charge >= 0.3 is 6.18 Å². The number of benzene rings is 2. The van der Waals surface area contributed by atoms with E-state index in [9.17, 15) is 26.4 Å². The first kappa shape index (κ1) is 22.8. The van der Waals surface area contributed by atoms with Gasteiger partial charge in [-0.2, -0.15) is 13.2 Å². The lowest BCUT2D eigenvalue weighted by molar-refractivity contribution is -0.137. The number of nitrogens with one attached hydrogen (secondary N) is 2. The minimum absolute atomic E-state index is 0.235. The van der Waals surface area contributed by atoms with Gasteiger partial charge in [0.05, 0.1) is 26.2 Å². The molecule has 0 saturated carbocycles. The van der Waals surface area contributed by atoms with Crippen LogP contribution in [0, 0.1) is 0 Å². The van der Waals surface area contributed by atoms with Crippen molar-refractivity contribution in [2.75, 3.05) is 11.9 Å². The zero-order chi connectivity index (χ0) is 21.1. The van der Waals surface area contributed by atoms with Gasteiger partial charge < -0.3 is 5.32 Å². The molecule has 5 nitrogen and oxygen atoms in total. The summed E-state index contributed by atoms with van der Waals surface area (Å²) >= 11 is 17.2. The van der Waals surface area contributed by atoms with Gasteiger partial charge in [0.15, 0.2) is 0 Å². The van der Waals surface area contributed by atoms with Gasteiger partial charge in [-0.3, -0.25) is 4.79 Å². The lowest BCUT2D eigenvalue weighted by Crippen LogP contribution is -2.28. The van der Waals surface area contributed by atoms with Crippen molar-refractivity contribution in [3.63, 3.8) is 0 Å². The number of rotatable bonds is 6. The number of amides is 1. The van der Waals surface area contributed by atoms with E-state index in [0.29, 0.717) is 11.1 Å². The molecule has 1 amide bonds. The van der Waals surface area contributed by atoms with Gasteiger partial charge in [-0.05, 0) is 36.4 Å². The monoisotopic (exact) mass is 474 g/mol. The number of sulfonamides is 1. The van der Waals surface area contributed by atoms with Crippen LogP contribution < -0.4 is 10.0 Å². The van der Waals surface area contributed by atoms with Crippen molar-refractivity contribution < 1.29 is 26.4 Å². The van der Waals surface area contributed by atoms with Crippen molar-refractivity contribution in [1.29, 1.82) is 0 Å². The first-order valence-corrected chi connectivity index (χ1v) is 10.1. The van der Waals surface area contributed by atoms with Crippen LogP contribution in [0.25, 0.3) is 0 Å². The average molecular weight is 476 g/mol. The summed E-state index contributed by atoms with van der Waals surface area (Å²) in [6.45, 7) is -0.351. The minimum Gasteiger partial charge on any atom is -0.325 e. The minimum atomic E-state index is -4.81. The number of carbonyl (C=O) groups is 1. The SMILES string of the molecule is O=C(CCNS(=O)(=O)c1ccc(Cl)c(C(F)(F)F)c1)Nc1cc(Cl)ccc1Cl. The molecule has 2 rings (SSSR count). The highest BCUT2D eigenvalue weighted by molar-refractivity contribution is 7.89. The molecule has 12 heteroatoms. The Bertz CT molecular complexity index is 998. The topological polar surface area (TPSA) is 75.3 Å². The smallest absolute Gasteiger partial charge is 0.325 e. The van der Waals surface area contributed by atoms with E-state index in [4.69, 9.17) is 34.8 Å². The van der Waals surface area contributed by atoms with Gasteiger partial charge in [0, 0.05) is 18.0 Å². The van der Waals surface area contributed by atoms with Gasteiger partial charge in [-0.15, -0.1) is 0 Å². The fourth-order valence-electron chi connectivity index (χ4n) is 2.08. The molecule has 28 heavy (non-hydrogen) atoms. The van der Waals surface area contributed by atoms with Crippen LogP contribution in [-0.4, -0.2) is 20.9 Å². The van der Waals surface area contributed by atoms with E-state index in [-0.39, 0.29) is 23.7 Å². The van der Waals surface area contributed by atoms with Crippen LogP contribution in [-0.2, 0) is 21.0 Å². The van der Waals surface area contributed by atoms with Crippen molar-refractivity contribution in [2.45, 2.75) is 17.5 Å². The van der Waals surface area contributed by atoms with Crippen LogP contribution in [0.2, 0.25) is 15.1 Å². The number of anilines is 1. The molecule has 0 heterocycles. The normalized spacial score (nSPS) is 12.1. The highest BCUT2D eigenvalue weighted by Gasteiger charge is 2.34. The quantitative estimate of drug-likeness (QED) is 0.619. The van der Waals surface area contributed by atoms with Crippen LogP contribution in [0.15, 0.2) is 41.3 Å². The molecule has 0 aliphatic rings. The van der Waals surface area contributed by atoms with E-state index in [1.54, 1.807) is 0 Å². The van der Waals surface area contributed by atoms with E-state index < -0.39 is 37.6 Å². The Labute approximate surface area is 173 Å². The average Bonchev–Trinajstić information content (AvgIpc) is 2.57.